The number of hydrogen-bond donors (Lipinski definition) is 0. The first-order valence-corrected chi connectivity index (χ1v) is 10.0. The third-order valence-corrected chi connectivity index (χ3v) is 8.13. The van der Waals surface area contributed by atoms with Crippen LogP contribution in [0.2, 0.25) is 0 Å². The summed E-state index contributed by atoms with van der Waals surface area (Å²) in [5.74, 6) is 0. The average molecular weight is 323 g/mol. The molecule has 0 spiro atoms. The van der Waals surface area contributed by atoms with Gasteiger partial charge in [0.1, 0.15) is 7.05 Å². The van der Waals surface area contributed by atoms with Crippen molar-refractivity contribution in [3.63, 3.8) is 0 Å². The smallest absolute Gasteiger partial charge is 0.202 e. The molecule has 0 fully saturated rings. The first-order chi connectivity index (χ1) is 10.7. The van der Waals surface area contributed by atoms with Crippen molar-refractivity contribution in [1.29, 1.82) is 0 Å². The molecule has 1 aromatic heterocycles. The fraction of sp³-hybridized carbons (Fsp3) is 0.190. The molecule has 0 aliphatic heterocycles. The summed E-state index contributed by atoms with van der Waals surface area (Å²) in [5.41, 5.74) is 1.38. The van der Waals surface area contributed by atoms with Crippen molar-refractivity contribution >= 4 is 17.9 Å². The predicted octanol–water partition coefficient (Wildman–Crippen LogP) is 3.95. The molecule has 23 heavy (non-hydrogen) atoms. The highest BCUT2D eigenvalue weighted by Gasteiger charge is 2.39. The summed E-state index contributed by atoms with van der Waals surface area (Å²) in [4.78, 5) is 0. The van der Waals surface area contributed by atoms with Crippen LogP contribution in [0.1, 0.15) is 13.1 Å². The number of nitrogens with zero attached hydrogens (tertiary/aromatic N) is 1. The van der Waals surface area contributed by atoms with E-state index in [-0.39, 0.29) is 7.43 Å². The van der Waals surface area contributed by atoms with Crippen molar-refractivity contribution in [2.75, 3.05) is 6.66 Å². The Balaban J connectivity index is 0.00000192. The predicted molar refractivity (Wildman–Crippen MR) is 103 cm³/mol. The van der Waals surface area contributed by atoms with E-state index in [9.17, 15) is 0 Å². The molecule has 0 saturated carbocycles. The number of benzene rings is 2. The molecule has 1 nitrogen and oxygen atoms in total. The summed E-state index contributed by atoms with van der Waals surface area (Å²) in [6.07, 6.45) is 3.22. The highest BCUT2D eigenvalue weighted by molar-refractivity contribution is 7.88. The van der Waals surface area contributed by atoms with Crippen LogP contribution in [-0.2, 0) is 13.2 Å². The van der Waals surface area contributed by atoms with Crippen LogP contribution in [0, 0.1) is 0 Å². The fourth-order valence-corrected chi connectivity index (χ4v) is 6.19. The molecule has 0 N–H and O–H groups in total. The Hall–Kier alpha value is -1.98. The Morgan fingerprint density at radius 1 is 0.739 bits per heavy atom. The van der Waals surface area contributed by atoms with Gasteiger partial charge in [-0.15, -0.1) is 0 Å². The summed E-state index contributed by atoms with van der Waals surface area (Å²) in [5, 5.41) is 2.93. The van der Waals surface area contributed by atoms with Crippen molar-refractivity contribution in [3.8, 4) is 0 Å². The van der Waals surface area contributed by atoms with E-state index < -0.39 is 7.26 Å². The summed E-state index contributed by atoms with van der Waals surface area (Å²) in [6.45, 7) is 2.45. The molecule has 0 bridgehead atoms. The molecule has 2 aromatic carbocycles. The largest absolute Gasteiger partial charge is 0.219 e. The molecule has 0 aliphatic rings. The zero-order valence-electron chi connectivity index (χ0n) is 13.2. The van der Waals surface area contributed by atoms with Gasteiger partial charge in [0.05, 0.1) is 24.5 Å². The van der Waals surface area contributed by atoms with Gasteiger partial charge in [-0.2, -0.15) is 0 Å². The molecule has 3 rings (SSSR count). The Morgan fingerprint density at radius 2 is 1.22 bits per heavy atom. The lowest BCUT2D eigenvalue weighted by Crippen LogP contribution is -2.35. The van der Waals surface area contributed by atoms with Crippen LogP contribution in [-0.4, -0.2) is 6.66 Å². The first-order valence-electron chi connectivity index (χ1n) is 7.60. The van der Waals surface area contributed by atoms with Gasteiger partial charge >= 0.3 is 0 Å². The zero-order chi connectivity index (χ0) is 15.4. The second-order valence-corrected chi connectivity index (χ2v) is 9.56. The molecule has 0 aliphatic carbocycles. The van der Waals surface area contributed by atoms with Crippen molar-refractivity contribution in [3.05, 3.63) is 90.8 Å². The van der Waals surface area contributed by atoms with Crippen LogP contribution < -0.4 is 15.2 Å². The second kappa shape index (κ2) is 7.53. The molecule has 0 unspecified atom stereocenters. The normalized spacial score (nSPS) is 10.9. The molecule has 3 aromatic rings. The third kappa shape index (κ3) is 3.68. The van der Waals surface area contributed by atoms with E-state index in [4.69, 9.17) is 0 Å². The van der Waals surface area contributed by atoms with E-state index in [0.29, 0.717) is 0 Å². The second-order valence-electron chi connectivity index (χ2n) is 5.82. The molecule has 1 heterocycles. The quantitative estimate of drug-likeness (QED) is 0.506. The van der Waals surface area contributed by atoms with Gasteiger partial charge in [-0.1, -0.05) is 43.8 Å². The number of hydrogen-bond acceptors (Lipinski definition) is 0. The van der Waals surface area contributed by atoms with E-state index in [1.165, 1.54) is 16.3 Å². The van der Waals surface area contributed by atoms with Crippen molar-refractivity contribution in [1.82, 2.24) is 0 Å². The van der Waals surface area contributed by atoms with Gasteiger partial charge in [0, 0.05) is 12.1 Å². The number of pyridine rings is 1. The summed E-state index contributed by atoms with van der Waals surface area (Å²) in [7, 11) is 0.691. The molecular formula is C21H26NP+2. The van der Waals surface area contributed by atoms with Gasteiger partial charge in [0.25, 0.3) is 0 Å². The lowest BCUT2D eigenvalue weighted by Gasteiger charge is -2.22. The van der Waals surface area contributed by atoms with Gasteiger partial charge in [-0.25, -0.2) is 4.57 Å². The molecular weight excluding hydrogens is 297 g/mol. The Labute approximate surface area is 141 Å². The van der Waals surface area contributed by atoms with E-state index >= 15 is 0 Å². The van der Waals surface area contributed by atoms with Gasteiger partial charge in [-0.05, 0) is 30.3 Å². The monoisotopic (exact) mass is 323 g/mol. The van der Waals surface area contributed by atoms with Crippen molar-refractivity contribution in [2.45, 2.75) is 13.6 Å². The lowest BCUT2D eigenvalue weighted by atomic mass is 10.4. The number of aryl methyl sites for hydroxylation is 1. The van der Waals surface area contributed by atoms with E-state index in [0.717, 1.165) is 6.16 Å². The molecule has 2 heteroatoms. The maximum atomic E-state index is 2.45. The van der Waals surface area contributed by atoms with Gasteiger partial charge in [0.15, 0.2) is 12.4 Å². The number of rotatable bonds is 4. The van der Waals surface area contributed by atoms with Crippen molar-refractivity contribution in [2.24, 2.45) is 7.05 Å². The van der Waals surface area contributed by atoms with Crippen LogP contribution >= 0.6 is 7.26 Å². The molecule has 0 amide bonds. The van der Waals surface area contributed by atoms with E-state index in [1.807, 2.05) is 0 Å². The fourth-order valence-electron chi connectivity index (χ4n) is 2.89. The summed E-state index contributed by atoms with van der Waals surface area (Å²) in [6, 6.07) is 28.4. The number of aromatic nitrogens is 1. The van der Waals surface area contributed by atoms with Gasteiger partial charge in [0.2, 0.25) is 5.69 Å². The Morgan fingerprint density at radius 3 is 1.70 bits per heavy atom. The van der Waals surface area contributed by atoms with E-state index in [2.05, 4.69) is 103 Å². The third-order valence-electron chi connectivity index (χ3n) is 4.29. The van der Waals surface area contributed by atoms with E-state index in [1.54, 1.807) is 0 Å². The van der Waals surface area contributed by atoms with Crippen molar-refractivity contribution < 1.29 is 4.57 Å². The maximum absolute atomic E-state index is 2.45. The van der Waals surface area contributed by atoms with Crippen LogP contribution in [0.3, 0.4) is 0 Å². The summed E-state index contributed by atoms with van der Waals surface area (Å²) < 4.78 is 2.24. The lowest BCUT2D eigenvalue weighted by molar-refractivity contribution is -0.678. The average Bonchev–Trinajstić information content (AvgIpc) is 2.58. The highest BCUT2D eigenvalue weighted by Crippen LogP contribution is 2.55. The first kappa shape index (κ1) is 17.4. The topological polar surface area (TPSA) is 3.88 Å². The SMILES string of the molecule is C.C[n+]1ccccc1C[P+](C)(c1ccccc1)c1ccccc1. The van der Waals surface area contributed by atoms with Crippen LogP contribution in [0.4, 0.5) is 0 Å². The molecule has 118 valence electrons. The van der Waals surface area contributed by atoms with Gasteiger partial charge < -0.3 is 0 Å². The minimum Gasteiger partial charge on any atom is -0.202 e. The van der Waals surface area contributed by atoms with Crippen LogP contribution in [0.25, 0.3) is 0 Å². The Kier molecular flexibility index (Phi) is 5.69. The standard InChI is InChI=1S/C20H22NP.CH4/c1-21-16-10-9-11-18(21)17-22(2,19-12-5-3-6-13-19)20-14-7-4-8-15-20;/h3-16H,17H2,1-2H3;1H4/q+2;. The molecule has 0 saturated heterocycles. The highest BCUT2D eigenvalue weighted by atomic mass is 31.2. The maximum Gasteiger partial charge on any atom is 0.219 e. The van der Waals surface area contributed by atoms with Crippen LogP contribution in [0.15, 0.2) is 85.1 Å². The molecule has 0 atom stereocenters. The minimum absolute atomic E-state index is 0. The minimum atomic E-state index is -1.44. The zero-order valence-corrected chi connectivity index (χ0v) is 14.1. The van der Waals surface area contributed by atoms with Gasteiger partial charge in [-0.3, -0.25) is 0 Å². The summed E-state index contributed by atoms with van der Waals surface area (Å²) >= 11 is 0. The Bertz CT molecular complexity index is 699. The van der Waals surface area contributed by atoms with Crippen LogP contribution in [0.5, 0.6) is 0 Å². The molecule has 0 radical (unpaired) electrons.